The number of anilines is 1. The summed E-state index contributed by atoms with van der Waals surface area (Å²) in [7, 11) is 1.36. The summed E-state index contributed by atoms with van der Waals surface area (Å²) in [6, 6.07) is 5.23. The van der Waals surface area contributed by atoms with Crippen molar-refractivity contribution in [1.82, 2.24) is 4.90 Å². The number of amides is 1. The molecule has 1 saturated heterocycles. The number of carbonyl (C=O) groups excluding carboxylic acids is 2. The highest BCUT2D eigenvalue weighted by Gasteiger charge is 2.31. The maximum atomic E-state index is 12.5. The van der Waals surface area contributed by atoms with E-state index in [-0.39, 0.29) is 5.91 Å². The first-order valence-corrected chi connectivity index (χ1v) is 9.28. The van der Waals surface area contributed by atoms with E-state index in [1.165, 1.54) is 39.2 Å². The molecule has 25 heavy (non-hydrogen) atoms. The minimum absolute atomic E-state index is 0.0145. The number of likely N-dealkylation sites (tertiary alicyclic amines) is 1. The fourth-order valence-corrected chi connectivity index (χ4v) is 4.21. The number of nitrogens with one attached hydrogen (secondary N) is 1. The minimum Gasteiger partial charge on any atom is -0.465 e. The molecule has 136 valence electrons. The molecule has 5 nitrogen and oxygen atoms in total. The Balaban J connectivity index is 1.58. The number of nitrogens with zero attached hydrogens (tertiary/aromatic N) is 1. The van der Waals surface area contributed by atoms with Crippen molar-refractivity contribution < 1.29 is 14.3 Å². The first kappa shape index (κ1) is 17.9. The van der Waals surface area contributed by atoms with Crippen molar-refractivity contribution in [3.8, 4) is 0 Å². The number of piperidine rings is 1. The van der Waals surface area contributed by atoms with Crippen molar-refractivity contribution in [2.45, 2.75) is 39.0 Å². The summed E-state index contributed by atoms with van der Waals surface area (Å²) in [5.74, 6) is 1.22. The molecule has 1 aromatic rings. The Morgan fingerprint density at radius 3 is 2.72 bits per heavy atom. The van der Waals surface area contributed by atoms with E-state index in [4.69, 9.17) is 4.74 Å². The average Bonchev–Trinajstić information content (AvgIpc) is 2.62. The molecule has 1 aliphatic heterocycles. The number of rotatable bonds is 4. The normalized spacial score (nSPS) is 23.6. The molecule has 1 aromatic carbocycles. The first-order valence-electron chi connectivity index (χ1n) is 9.28. The first-order chi connectivity index (χ1) is 12.1. The standard InChI is InChI=1S/C20H28N2O3/c1-14-7-8-16(20(24)25-2)11-18(14)21-19(23)13-22-10-9-15-5-3-4-6-17(15)12-22/h7-8,11,15,17H,3-6,9-10,12-13H2,1-2H3,(H,21,23)/t15-,17-/m1/s1. The number of hydrogen-bond acceptors (Lipinski definition) is 4. The van der Waals surface area contributed by atoms with Crippen molar-refractivity contribution in [3.63, 3.8) is 0 Å². The third kappa shape index (κ3) is 4.40. The summed E-state index contributed by atoms with van der Waals surface area (Å²) in [5, 5.41) is 2.96. The number of hydrogen-bond donors (Lipinski definition) is 1. The van der Waals surface area contributed by atoms with Crippen LogP contribution < -0.4 is 5.32 Å². The van der Waals surface area contributed by atoms with E-state index in [1.807, 2.05) is 13.0 Å². The van der Waals surface area contributed by atoms with Crippen LogP contribution in [-0.2, 0) is 9.53 Å². The zero-order valence-corrected chi connectivity index (χ0v) is 15.2. The highest BCUT2D eigenvalue weighted by Crippen LogP contribution is 2.35. The van der Waals surface area contributed by atoms with Crippen LogP contribution in [0.2, 0.25) is 0 Å². The molecule has 1 heterocycles. The smallest absolute Gasteiger partial charge is 0.337 e. The van der Waals surface area contributed by atoms with Gasteiger partial charge in [-0.3, -0.25) is 9.69 Å². The van der Waals surface area contributed by atoms with Crippen LogP contribution in [0.4, 0.5) is 5.69 Å². The summed E-state index contributed by atoms with van der Waals surface area (Å²) in [6.07, 6.45) is 6.60. The predicted molar refractivity (Wildman–Crippen MR) is 97.7 cm³/mol. The van der Waals surface area contributed by atoms with Crippen LogP contribution in [0.1, 0.15) is 48.0 Å². The van der Waals surface area contributed by atoms with Gasteiger partial charge in [-0.15, -0.1) is 0 Å². The van der Waals surface area contributed by atoms with E-state index >= 15 is 0 Å². The van der Waals surface area contributed by atoms with Gasteiger partial charge in [-0.2, -0.15) is 0 Å². The summed E-state index contributed by atoms with van der Waals surface area (Å²) >= 11 is 0. The van der Waals surface area contributed by atoms with Crippen molar-refractivity contribution in [3.05, 3.63) is 29.3 Å². The quantitative estimate of drug-likeness (QED) is 0.852. The zero-order chi connectivity index (χ0) is 17.8. The topological polar surface area (TPSA) is 58.6 Å². The highest BCUT2D eigenvalue weighted by atomic mass is 16.5. The van der Waals surface area contributed by atoms with Crippen molar-refractivity contribution in [1.29, 1.82) is 0 Å². The number of fused-ring (bicyclic) bond motifs is 1. The van der Waals surface area contributed by atoms with Crippen LogP contribution >= 0.6 is 0 Å². The Kier molecular flexibility index (Phi) is 5.74. The number of benzene rings is 1. The molecule has 1 aliphatic carbocycles. The summed E-state index contributed by atoms with van der Waals surface area (Å²) in [4.78, 5) is 26.4. The number of methoxy groups -OCH3 is 1. The zero-order valence-electron chi connectivity index (χ0n) is 15.2. The Bertz CT molecular complexity index is 644. The van der Waals surface area contributed by atoms with Crippen molar-refractivity contribution in [2.24, 2.45) is 11.8 Å². The number of aryl methyl sites for hydroxylation is 1. The van der Waals surface area contributed by atoms with Gasteiger partial charge in [0.15, 0.2) is 0 Å². The van der Waals surface area contributed by atoms with E-state index in [2.05, 4.69) is 10.2 Å². The molecule has 2 atom stereocenters. The highest BCUT2D eigenvalue weighted by molar-refractivity contribution is 5.96. The average molecular weight is 344 g/mol. The number of ether oxygens (including phenoxy) is 1. The molecule has 0 aromatic heterocycles. The van der Waals surface area contributed by atoms with Crippen LogP contribution in [0.15, 0.2) is 18.2 Å². The molecule has 0 unspecified atom stereocenters. The van der Waals surface area contributed by atoms with Gasteiger partial charge in [-0.05, 0) is 55.8 Å². The SMILES string of the molecule is COC(=O)c1ccc(C)c(NC(=O)CN2CC[C@H]3CCCC[C@@H]3C2)c1. The largest absolute Gasteiger partial charge is 0.465 e. The summed E-state index contributed by atoms with van der Waals surface area (Å²) < 4.78 is 4.75. The van der Waals surface area contributed by atoms with Crippen LogP contribution in [0.25, 0.3) is 0 Å². The molecule has 2 aliphatic rings. The lowest BCUT2D eigenvalue weighted by Crippen LogP contribution is -2.44. The lowest BCUT2D eigenvalue weighted by molar-refractivity contribution is -0.118. The van der Waals surface area contributed by atoms with Gasteiger partial charge >= 0.3 is 5.97 Å². The van der Waals surface area contributed by atoms with Gasteiger partial charge in [0.05, 0.1) is 19.2 Å². The van der Waals surface area contributed by atoms with Crippen molar-refractivity contribution in [2.75, 3.05) is 32.1 Å². The second-order valence-electron chi connectivity index (χ2n) is 7.40. The van der Waals surface area contributed by atoms with Crippen LogP contribution in [-0.4, -0.2) is 43.5 Å². The van der Waals surface area contributed by atoms with Crippen LogP contribution in [0, 0.1) is 18.8 Å². The Labute approximate surface area is 149 Å². The lowest BCUT2D eigenvalue weighted by Gasteiger charge is -2.41. The molecule has 0 radical (unpaired) electrons. The third-order valence-electron chi connectivity index (χ3n) is 5.68. The molecular weight excluding hydrogens is 316 g/mol. The Morgan fingerprint density at radius 2 is 1.96 bits per heavy atom. The molecule has 3 rings (SSSR count). The van der Waals surface area contributed by atoms with Crippen LogP contribution in [0.3, 0.4) is 0 Å². The summed E-state index contributed by atoms with van der Waals surface area (Å²) in [5.41, 5.74) is 2.07. The fourth-order valence-electron chi connectivity index (χ4n) is 4.21. The third-order valence-corrected chi connectivity index (χ3v) is 5.68. The Morgan fingerprint density at radius 1 is 1.20 bits per heavy atom. The van der Waals surface area contributed by atoms with Gasteiger partial charge in [0.25, 0.3) is 0 Å². The van der Waals surface area contributed by atoms with Gasteiger partial charge in [-0.25, -0.2) is 4.79 Å². The minimum atomic E-state index is -0.394. The van der Waals surface area contributed by atoms with Gasteiger partial charge in [0.2, 0.25) is 5.91 Å². The maximum absolute atomic E-state index is 12.5. The van der Waals surface area contributed by atoms with E-state index in [1.54, 1.807) is 12.1 Å². The molecule has 5 heteroatoms. The Hall–Kier alpha value is -1.88. The molecule has 0 spiro atoms. The monoisotopic (exact) mass is 344 g/mol. The maximum Gasteiger partial charge on any atom is 0.337 e. The van der Waals surface area contributed by atoms with E-state index in [0.717, 1.165) is 30.5 Å². The van der Waals surface area contributed by atoms with Gasteiger partial charge < -0.3 is 10.1 Å². The van der Waals surface area contributed by atoms with E-state index in [0.29, 0.717) is 17.8 Å². The van der Waals surface area contributed by atoms with Crippen LogP contribution in [0.5, 0.6) is 0 Å². The second kappa shape index (κ2) is 8.00. The van der Waals surface area contributed by atoms with E-state index < -0.39 is 5.97 Å². The molecule has 2 fully saturated rings. The second-order valence-corrected chi connectivity index (χ2v) is 7.40. The molecular formula is C20H28N2O3. The molecule has 0 bridgehead atoms. The summed E-state index contributed by atoms with van der Waals surface area (Å²) in [6.45, 7) is 4.39. The molecule has 1 amide bonds. The number of esters is 1. The lowest BCUT2D eigenvalue weighted by atomic mass is 9.75. The van der Waals surface area contributed by atoms with Crippen molar-refractivity contribution >= 4 is 17.6 Å². The van der Waals surface area contributed by atoms with Gasteiger partial charge in [0, 0.05) is 12.2 Å². The molecule has 1 N–H and O–H groups in total. The number of carbonyl (C=O) groups is 2. The molecule has 1 saturated carbocycles. The van der Waals surface area contributed by atoms with Gasteiger partial charge in [-0.1, -0.05) is 25.3 Å². The van der Waals surface area contributed by atoms with E-state index in [9.17, 15) is 9.59 Å². The fraction of sp³-hybridized carbons (Fsp3) is 0.600. The predicted octanol–water partition coefficient (Wildman–Crippen LogP) is 3.23. The van der Waals surface area contributed by atoms with Gasteiger partial charge in [0.1, 0.15) is 0 Å².